The number of rotatable bonds is 8. The number of phosphoric acid groups is 1. The summed E-state index contributed by atoms with van der Waals surface area (Å²) < 4.78 is 20.3. The fourth-order valence-electron chi connectivity index (χ4n) is 0.591. The third kappa shape index (κ3) is 9.02. The zero-order valence-corrected chi connectivity index (χ0v) is 11.5. The van der Waals surface area contributed by atoms with E-state index in [-0.39, 0.29) is 24.6 Å². The summed E-state index contributed by atoms with van der Waals surface area (Å²) >= 11 is 21.8. The third-order valence-electron chi connectivity index (χ3n) is 1.17. The molecule has 15 heavy (non-hydrogen) atoms. The number of phosphoric ester groups is 1. The first-order valence-corrected chi connectivity index (χ1v) is 7.44. The molecule has 0 fully saturated rings. The predicted octanol–water partition coefficient (Wildman–Crippen LogP) is 3.51. The van der Waals surface area contributed by atoms with Gasteiger partial charge in [0, 0.05) is 24.6 Å². The minimum atomic E-state index is -4.25. The van der Waals surface area contributed by atoms with Crippen molar-refractivity contribution in [1.82, 2.24) is 0 Å². The Morgan fingerprint density at radius 3 is 1.67 bits per heavy atom. The summed E-state index contributed by atoms with van der Waals surface area (Å²) in [4.78, 5) is 9.16. The zero-order chi connectivity index (χ0) is 11.9. The first-order chi connectivity index (χ1) is 6.91. The van der Waals surface area contributed by atoms with Crippen LogP contribution in [0.1, 0.15) is 12.8 Å². The van der Waals surface area contributed by atoms with Crippen molar-refractivity contribution >= 4 is 54.2 Å². The van der Waals surface area contributed by atoms with Crippen LogP contribution in [0.2, 0.25) is 0 Å². The average Bonchev–Trinajstić information content (AvgIpc) is 2.01. The molecule has 4 nitrogen and oxygen atoms in total. The maximum Gasteiger partial charge on any atom is 0.475 e. The Kier molecular flexibility index (Phi) is 9.08. The van der Waals surface area contributed by atoms with Gasteiger partial charge in [0.25, 0.3) is 0 Å². The molecule has 0 amide bonds. The van der Waals surface area contributed by atoms with E-state index < -0.39 is 18.9 Å². The molecule has 0 bridgehead atoms. The van der Waals surface area contributed by atoms with Crippen LogP contribution in [0.4, 0.5) is 0 Å². The summed E-state index contributed by atoms with van der Waals surface area (Å²) in [5, 5.41) is 0. The molecule has 0 aliphatic carbocycles. The van der Waals surface area contributed by atoms with Crippen molar-refractivity contribution in [3.63, 3.8) is 0 Å². The van der Waals surface area contributed by atoms with E-state index in [2.05, 4.69) is 9.05 Å². The minimum absolute atomic E-state index is 0.208. The van der Waals surface area contributed by atoms with E-state index in [1.807, 2.05) is 0 Å². The van der Waals surface area contributed by atoms with E-state index in [0.717, 1.165) is 0 Å². The Balaban J connectivity index is 4.00. The summed E-state index contributed by atoms with van der Waals surface area (Å²) in [5.74, 6) is 0.417. The highest BCUT2D eigenvalue weighted by atomic mass is 35.5. The van der Waals surface area contributed by atoms with E-state index >= 15 is 0 Å². The Bertz CT molecular complexity index is 199. The topological polar surface area (TPSA) is 55.8 Å². The smallest absolute Gasteiger partial charge is 0.302 e. The molecule has 0 aromatic rings. The molecule has 0 aliphatic rings. The zero-order valence-electron chi connectivity index (χ0n) is 7.61. The van der Waals surface area contributed by atoms with Gasteiger partial charge in [0.05, 0.1) is 0 Å². The molecule has 9 heteroatoms. The standard InChI is InChI=1S/C6H11Cl4O4P/c7-3-1-5(9)13-15(11,12)14-6(10)2-4-8/h5-6H,1-4H2,(H,11,12). The molecule has 0 aromatic heterocycles. The quantitative estimate of drug-likeness (QED) is 0.549. The first kappa shape index (κ1) is 16.3. The van der Waals surface area contributed by atoms with Gasteiger partial charge in [-0.15, -0.1) is 23.2 Å². The third-order valence-corrected chi connectivity index (χ3v) is 3.51. The summed E-state index contributed by atoms with van der Waals surface area (Å²) in [6, 6.07) is 0. The molecule has 0 aromatic carbocycles. The maximum atomic E-state index is 11.2. The van der Waals surface area contributed by atoms with Gasteiger partial charge in [-0.3, -0.25) is 9.05 Å². The van der Waals surface area contributed by atoms with Crippen LogP contribution in [0.15, 0.2) is 0 Å². The Morgan fingerprint density at radius 1 is 1.07 bits per heavy atom. The van der Waals surface area contributed by atoms with Gasteiger partial charge in [0.1, 0.15) is 11.1 Å². The van der Waals surface area contributed by atoms with E-state index in [1.165, 1.54) is 0 Å². The molecule has 2 unspecified atom stereocenters. The molecule has 0 spiro atoms. The van der Waals surface area contributed by atoms with Gasteiger partial charge < -0.3 is 4.89 Å². The van der Waals surface area contributed by atoms with Crippen molar-refractivity contribution in [3.8, 4) is 0 Å². The van der Waals surface area contributed by atoms with Crippen molar-refractivity contribution in [2.45, 2.75) is 24.0 Å². The molecule has 1 N–H and O–H groups in total. The average molecular weight is 320 g/mol. The molecule has 0 saturated heterocycles. The van der Waals surface area contributed by atoms with Crippen molar-refractivity contribution < 1.29 is 18.5 Å². The van der Waals surface area contributed by atoms with Gasteiger partial charge in [-0.2, -0.15) is 0 Å². The molecule has 0 aliphatic heterocycles. The van der Waals surface area contributed by atoms with Gasteiger partial charge in [-0.05, 0) is 0 Å². The summed E-state index contributed by atoms with van der Waals surface area (Å²) in [5.41, 5.74) is -1.98. The molecule has 0 saturated carbocycles. The highest BCUT2D eigenvalue weighted by Crippen LogP contribution is 2.47. The van der Waals surface area contributed by atoms with E-state index in [0.29, 0.717) is 0 Å². The Labute approximate surface area is 108 Å². The lowest BCUT2D eigenvalue weighted by Gasteiger charge is -2.17. The van der Waals surface area contributed by atoms with Gasteiger partial charge >= 0.3 is 7.82 Å². The van der Waals surface area contributed by atoms with Gasteiger partial charge in [0.2, 0.25) is 0 Å². The lowest BCUT2D eigenvalue weighted by Crippen LogP contribution is -2.10. The van der Waals surface area contributed by atoms with Crippen LogP contribution in [-0.4, -0.2) is 27.8 Å². The molecule has 0 heterocycles. The van der Waals surface area contributed by atoms with Crippen molar-refractivity contribution in [3.05, 3.63) is 0 Å². The number of hydrogen-bond acceptors (Lipinski definition) is 3. The lowest BCUT2D eigenvalue weighted by atomic mass is 10.5. The van der Waals surface area contributed by atoms with Crippen LogP contribution in [-0.2, 0) is 13.6 Å². The van der Waals surface area contributed by atoms with Crippen LogP contribution >= 0.6 is 54.2 Å². The molecular formula is C6H11Cl4O4P. The molecule has 0 radical (unpaired) electrons. The van der Waals surface area contributed by atoms with Crippen molar-refractivity contribution in [2.24, 2.45) is 0 Å². The first-order valence-electron chi connectivity index (χ1n) is 4.01. The summed E-state index contributed by atoms with van der Waals surface area (Å²) in [6.07, 6.45) is 0.443. The largest absolute Gasteiger partial charge is 0.475 e. The van der Waals surface area contributed by atoms with Crippen molar-refractivity contribution in [2.75, 3.05) is 11.8 Å². The van der Waals surface area contributed by atoms with Crippen LogP contribution < -0.4 is 0 Å². The second-order valence-electron chi connectivity index (χ2n) is 2.45. The van der Waals surface area contributed by atoms with Gasteiger partial charge in [-0.25, -0.2) is 4.57 Å². The molecule has 0 rings (SSSR count). The second kappa shape index (κ2) is 8.37. The second-order valence-corrected chi connectivity index (χ2v) is 5.54. The minimum Gasteiger partial charge on any atom is -0.302 e. The molecule has 2 atom stereocenters. The van der Waals surface area contributed by atoms with Gasteiger partial charge in [-0.1, -0.05) is 23.2 Å². The van der Waals surface area contributed by atoms with Crippen LogP contribution in [0.5, 0.6) is 0 Å². The highest BCUT2D eigenvalue weighted by molar-refractivity contribution is 7.47. The molecule has 92 valence electrons. The predicted molar refractivity (Wildman–Crippen MR) is 62.0 cm³/mol. The highest BCUT2D eigenvalue weighted by Gasteiger charge is 2.28. The fourth-order valence-corrected chi connectivity index (χ4v) is 2.87. The van der Waals surface area contributed by atoms with Crippen LogP contribution in [0.3, 0.4) is 0 Å². The number of alkyl halides is 4. The lowest BCUT2D eigenvalue weighted by molar-refractivity contribution is 0.123. The monoisotopic (exact) mass is 318 g/mol. The SMILES string of the molecule is O=P(O)(OC(Cl)CCCl)OC(Cl)CCCl. The summed E-state index contributed by atoms with van der Waals surface area (Å²) in [7, 11) is -4.25. The van der Waals surface area contributed by atoms with E-state index in [4.69, 9.17) is 51.3 Å². The van der Waals surface area contributed by atoms with Crippen molar-refractivity contribution in [1.29, 1.82) is 0 Å². The number of hydrogen-bond donors (Lipinski definition) is 1. The Morgan fingerprint density at radius 2 is 1.40 bits per heavy atom. The van der Waals surface area contributed by atoms with Crippen LogP contribution in [0, 0.1) is 0 Å². The molecular weight excluding hydrogens is 309 g/mol. The van der Waals surface area contributed by atoms with Crippen LogP contribution in [0.25, 0.3) is 0 Å². The fraction of sp³-hybridized carbons (Fsp3) is 1.00. The number of halogens is 4. The van der Waals surface area contributed by atoms with E-state index in [9.17, 15) is 4.57 Å². The van der Waals surface area contributed by atoms with E-state index in [1.54, 1.807) is 0 Å². The van der Waals surface area contributed by atoms with Gasteiger partial charge in [0.15, 0.2) is 0 Å². The summed E-state index contributed by atoms with van der Waals surface area (Å²) in [6.45, 7) is 0. The normalized spacial score (nSPS) is 19.5. The maximum absolute atomic E-state index is 11.2. The Hall–Kier alpha value is 1.27.